The van der Waals surface area contributed by atoms with E-state index in [1.807, 2.05) is 37.3 Å². The van der Waals surface area contributed by atoms with Gasteiger partial charge < -0.3 is 5.11 Å². The van der Waals surface area contributed by atoms with Crippen molar-refractivity contribution in [2.45, 2.75) is 39.1 Å². The lowest BCUT2D eigenvalue weighted by atomic mass is 9.77. The molecule has 23 heavy (non-hydrogen) atoms. The van der Waals surface area contributed by atoms with Crippen LogP contribution in [0, 0.1) is 5.41 Å². The average Bonchev–Trinajstić information content (AvgIpc) is 2.55. The summed E-state index contributed by atoms with van der Waals surface area (Å²) in [6, 6.07) is 21.6. The third-order valence-corrected chi connectivity index (χ3v) is 8.57. The van der Waals surface area contributed by atoms with Gasteiger partial charge in [0, 0.05) is 5.41 Å². The minimum atomic E-state index is -1.69. The molecule has 1 N–H and O–H groups in total. The highest BCUT2D eigenvalue weighted by Gasteiger charge is 2.41. The van der Waals surface area contributed by atoms with Crippen LogP contribution in [0.1, 0.15) is 25.5 Å². The van der Waals surface area contributed by atoms with Gasteiger partial charge in [0.15, 0.2) is 0 Å². The molecule has 0 saturated heterocycles. The predicted molar refractivity (Wildman–Crippen MR) is 103 cm³/mol. The third kappa shape index (κ3) is 3.82. The maximum Gasteiger partial charge on any atom is 0.0877 e. The highest BCUT2D eigenvalue weighted by Crippen LogP contribution is 2.45. The highest BCUT2D eigenvalue weighted by atomic mass is 28.3. The summed E-state index contributed by atoms with van der Waals surface area (Å²) in [5.41, 5.74) is 1.69. The summed E-state index contributed by atoms with van der Waals surface area (Å²) < 4.78 is 0. The lowest BCUT2D eigenvalue weighted by Crippen LogP contribution is -2.47. The fourth-order valence-electron chi connectivity index (χ4n) is 3.39. The van der Waals surface area contributed by atoms with Gasteiger partial charge in [-0.25, -0.2) is 0 Å². The van der Waals surface area contributed by atoms with Gasteiger partial charge in [-0.1, -0.05) is 98.0 Å². The molecule has 2 rings (SSSR count). The number of benzene rings is 2. The normalized spacial score (nSPS) is 15.7. The van der Waals surface area contributed by atoms with Gasteiger partial charge in [-0.2, -0.15) is 0 Å². The first-order valence-corrected chi connectivity index (χ1v) is 11.4. The summed E-state index contributed by atoms with van der Waals surface area (Å²) in [6.07, 6.45) is -0.531. The molecule has 2 aromatic rings. The quantitative estimate of drug-likeness (QED) is 0.591. The molecule has 0 fully saturated rings. The molecule has 0 aliphatic rings. The molecule has 2 aromatic carbocycles. The number of aliphatic hydroxyl groups excluding tert-OH is 1. The predicted octanol–water partition coefficient (Wildman–Crippen LogP) is 4.92. The zero-order valence-electron chi connectivity index (χ0n) is 14.7. The highest BCUT2D eigenvalue weighted by molar-refractivity contribution is 6.89. The van der Waals surface area contributed by atoms with Gasteiger partial charge in [0.25, 0.3) is 0 Å². The van der Waals surface area contributed by atoms with E-state index in [0.717, 1.165) is 17.2 Å². The molecule has 0 bridgehead atoms. The van der Waals surface area contributed by atoms with Crippen molar-refractivity contribution >= 4 is 13.3 Å². The van der Waals surface area contributed by atoms with Gasteiger partial charge in [-0.3, -0.25) is 0 Å². The minimum Gasteiger partial charge on any atom is -0.388 e. The van der Waals surface area contributed by atoms with Crippen LogP contribution in [0.4, 0.5) is 0 Å². The average molecular weight is 325 g/mol. The zero-order chi connectivity index (χ0) is 17.1. The Bertz CT molecular complexity index is 648. The Hall–Kier alpha value is -1.64. The van der Waals surface area contributed by atoms with Crippen molar-refractivity contribution in [3.8, 4) is 0 Å². The van der Waals surface area contributed by atoms with Crippen molar-refractivity contribution in [3.63, 3.8) is 0 Å². The Kier molecular flexibility index (Phi) is 5.28. The molecule has 0 spiro atoms. The van der Waals surface area contributed by atoms with Crippen molar-refractivity contribution < 1.29 is 5.11 Å². The van der Waals surface area contributed by atoms with Crippen molar-refractivity contribution in [2.75, 3.05) is 0 Å². The van der Waals surface area contributed by atoms with Crippen molar-refractivity contribution in [1.82, 2.24) is 0 Å². The van der Waals surface area contributed by atoms with Crippen LogP contribution >= 0.6 is 0 Å². The van der Waals surface area contributed by atoms with Crippen LogP contribution in [-0.2, 0) is 0 Å². The first kappa shape index (κ1) is 17.7. The lowest BCUT2D eigenvalue weighted by molar-refractivity contribution is 0.0739. The van der Waals surface area contributed by atoms with Gasteiger partial charge in [-0.05, 0) is 18.5 Å². The molecular weight excluding hydrogens is 296 g/mol. The first-order chi connectivity index (χ1) is 10.8. The Morgan fingerprint density at radius 3 is 2.00 bits per heavy atom. The van der Waals surface area contributed by atoms with Crippen LogP contribution in [0.5, 0.6) is 0 Å². The molecule has 122 valence electrons. The summed E-state index contributed by atoms with van der Waals surface area (Å²) in [4.78, 5) is 0. The SMILES string of the molecule is C=C(C)C(C)(C[Si](C)(C)c1ccccc1)C(O)c1ccccc1. The van der Waals surface area contributed by atoms with Crippen LogP contribution in [0.15, 0.2) is 72.8 Å². The van der Waals surface area contributed by atoms with E-state index >= 15 is 0 Å². The van der Waals surface area contributed by atoms with Gasteiger partial charge in [-0.15, -0.1) is 0 Å². The Morgan fingerprint density at radius 1 is 1.04 bits per heavy atom. The molecule has 0 aliphatic carbocycles. The van der Waals surface area contributed by atoms with E-state index in [1.54, 1.807) is 0 Å². The maximum atomic E-state index is 11.1. The summed E-state index contributed by atoms with van der Waals surface area (Å²) >= 11 is 0. The van der Waals surface area contributed by atoms with E-state index in [-0.39, 0.29) is 5.41 Å². The van der Waals surface area contributed by atoms with Gasteiger partial charge in [0.05, 0.1) is 14.2 Å². The molecule has 0 amide bonds. The second kappa shape index (κ2) is 6.86. The number of aliphatic hydroxyl groups is 1. The van der Waals surface area contributed by atoms with Crippen LogP contribution < -0.4 is 5.19 Å². The largest absolute Gasteiger partial charge is 0.388 e. The van der Waals surface area contributed by atoms with Gasteiger partial charge in [0.1, 0.15) is 0 Å². The molecule has 0 aromatic heterocycles. The summed E-state index contributed by atoms with van der Waals surface area (Å²) in [5.74, 6) is 0. The van der Waals surface area contributed by atoms with Crippen molar-refractivity contribution in [3.05, 3.63) is 78.4 Å². The van der Waals surface area contributed by atoms with Crippen LogP contribution in [0.2, 0.25) is 19.1 Å². The van der Waals surface area contributed by atoms with E-state index in [1.165, 1.54) is 5.19 Å². The summed E-state index contributed by atoms with van der Waals surface area (Å²) in [5, 5.41) is 12.5. The molecule has 0 saturated carbocycles. The summed E-state index contributed by atoms with van der Waals surface area (Å²) in [7, 11) is -1.69. The second-order valence-electron chi connectivity index (χ2n) is 7.44. The van der Waals surface area contributed by atoms with E-state index in [9.17, 15) is 5.11 Å². The van der Waals surface area contributed by atoms with E-state index in [2.05, 4.69) is 56.9 Å². The van der Waals surface area contributed by atoms with E-state index < -0.39 is 14.2 Å². The van der Waals surface area contributed by atoms with Crippen molar-refractivity contribution in [2.24, 2.45) is 5.41 Å². The molecule has 0 radical (unpaired) electrons. The van der Waals surface area contributed by atoms with E-state index in [0.29, 0.717) is 0 Å². The van der Waals surface area contributed by atoms with Crippen LogP contribution in [-0.4, -0.2) is 13.2 Å². The number of hydrogen-bond acceptors (Lipinski definition) is 1. The smallest absolute Gasteiger partial charge is 0.0877 e. The molecular formula is C21H28OSi. The topological polar surface area (TPSA) is 20.2 Å². The fourth-order valence-corrected chi connectivity index (χ4v) is 7.02. The molecule has 1 nitrogen and oxygen atoms in total. The van der Waals surface area contributed by atoms with E-state index in [4.69, 9.17) is 0 Å². The zero-order valence-corrected chi connectivity index (χ0v) is 15.7. The lowest BCUT2D eigenvalue weighted by Gasteiger charge is -2.41. The molecule has 0 heterocycles. The molecule has 0 aliphatic heterocycles. The van der Waals surface area contributed by atoms with Crippen LogP contribution in [0.25, 0.3) is 0 Å². The Morgan fingerprint density at radius 2 is 1.52 bits per heavy atom. The van der Waals surface area contributed by atoms with Gasteiger partial charge >= 0.3 is 0 Å². The number of rotatable bonds is 6. The molecule has 2 atom stereocenters. The Balaban J connectivity index is 2.36. The monoisotopic (exact) mass is 324 g/mol. The molecule has 2 unspecified atom stereocenters. The maximum absolute atomic E-state index is 11.1. The van der Waals surface area contributed by atoms with Crippen molar-refractivity contribution in [1.29, 1.82) is 0 Å². The second-order valence-corrected chi connectivity index (χ2v) is 12.1. The van der Waals surface area contributed by atoms with Gasteiger partial charge in [0.2, 0.25) is 0 Å². The third-order valence-electron chi connectivity index (χ3n) is 5.06. The molecule has 2 heteroatoms. The summed E-state index contributed by atoms with van der Waals surface area (Å²) in [6.45, 7) is 13.2. The standard InChI is InChI=1S/C21H28OSi/c1-17(2)21(3,20(22)18-12-8-6-9-13-18)16-23(4,5)19-14-10-7-11-15-19/h6-15,20,22H,1,16H2,2-5H3. The minimum absolute atomic E-state index is 0.326. The first-order valence-electron chi connectivity index (χ1n) is 8.22. The van der Waals surface area contributed by atoms with Crippen LogP contribution in [0.3, 0.4) is 0 Å². The Labute approximate surface area is 141 Å². The number of hydrogen-bond donors (Lipinski definition) is 1. The fraction of sp³-hybridized carbons (Fsp3) is 0.333.